The van der Waals surface area contributed by atoms with Gasteiger partial charge in [-0.2, -0.15) is 0 Å². The molecule has 2 aromatic carbocycles. The minimum Gasteiger partial charge on any atom is -0.491 e. The number of amides is 1. The van der Waals surface area contributed by atoms with Crippen LogP contribution in [-0.2, 0) is 26.9 Å². The quantitative estimate of drug-likeness (QED) is 0.323. The van der Waals surface area contributed by atoms with Crippen molar-refractivity contribution in [3.8, 4) is 5.75 Å². The predicted octanol–water partition coefficient (Wildman–Crippen LogP) is 8.68. The number of aryl methyl sites for hydroxylation is 1. The summed E-state index contributed by atoms with van der Waals surface area (Å²) in [6.07, 6.45) is 10.9. The maximum atomic E-state index is 13.4. The van der Waals surface area contributed by atoms with E-state index in [0.717, 1.165) is 81.3 Å². The number of nitrogens with zero attached hydrogens (tertiary/aromatic N) is 1. The Morgan fingerprint density at radius 1 is 0.904 bits per heavy atom. The number of halogens is 1. The number of anilines is 1. The zero-order chi connectivity index (χ0) is 37.0. The van der Waals surface area contributed by atoms with Gasteiger partial charge in [-0.15, -0.1) is 0 Å². The summed E-state index contributed by atoms with van der Waals surface area (Å²) < 4.78 is 35.1. The number of hydrogen-bond acceptors (Lipinski definition) is 7. The lowest BCUT2D eigenvalue weighted by atomic mass is 9.65. The number of benzene rings is 2. The molecule has 8 nitrogen and oxygen atoms in total. The van der Waals surface area contributed by atoms with Gasteiger partial charge in [0.2, 0.25) is 0 Å². The third kappa shape index (κ3) is 10.5. The molecule has 1 saturated carbocycles. The number of carbonyl (C=O) groups is 1. The van der Waals surface area contributed by atoms with E-state index in [1.165, 1.54) is 49.9 Å². The second-order valence-electron chi connectivity index (χ2n) is 15.1. The molecule has 4 aliphatic heterocycles. The van der Waals surface area contributed by atoms with Crippen LogP contribution in [-0.4, -0.2) is 67.7 Å². The lowest BCUT2D eigenvalue weighted by Gasteiger charge is -2.47. The molecule has 5 aliphatic rings. The molecule has 2 saturated heterocycles. The smallest absolute Gasteiger partial charge is 0.263 e. The topological polar surface area (TPSA) is 89.1 Å². The van der Waals surface area contributed by atoms with E-state index in [9.17, 15) is 9.00 Å². The van der Waals surface area contributed by atoms with Crippen LogP contribution < -0.4 is 19.7 Å². The van der Waals surface area contributed by atoms with Gasteiger partial charge in [0.25, 0.3) is 5.91 Å². The number of ether oxygens (including phenoxy) is 3. The molecule has 290 valence electrons. The van der Waals surface area contributed by atoms with Crippen molar-refractivity contribution in [2.24, 2.45) is 23.7 Å². The molecule has 7 rings (SSSR count). The van der Waals surface area contributed by atoms with Crippen molar-refractivity contribution in [3.05, 3.63) is 58.1 Å². The van der Waals surface area contributed by atoms with Gasteiger partial charge in [0, 0.05) is 35.5 Å². The molecule has 7 unspecified atom stereocenters. The maximum absolute atomic E-state index is 13.4. The summed E-state index contributed by atoms with van der Waals surface area (Å²) in [5.41, 5.74) is 4.00. The minimum absolute atomic E-state index is 0.147. The zero-order valence-electron chi connectivity index (χ0n) is 32.3. The van der Waals surface area contributed by atoms with E-state index in [1.807, 2.05) is 39.0 Å². The third-order valence-electron chi connectivity index (χ3n) is 11.7. The largest absolute Gasteiger partial charge is 0.491 e. The number of hydrogen-bond donors (Lipinski definition) is 2. The van der Waals surface area contributed by atoms with Crippen molar-refractivity contribution in [2.75, 3.05) is 50.9 Å². The molecular weight excluding hydrogens is 694 g/mol. The van der Waals surface area contributed by atoms with Gasteiger partial charge in [0.15, 0.2) is 6.29 Å². The molecule has 1 aliphatic carbocycles. The summed E-state index contributed by atoms with van der Waals surface area (Å²) in [7, 11) is -1.49. The van der Waals surface area contributed by atoms with E-state index in [2.05, 4.69) is 40.9 Å². The summed E-state index contributed by atoms with van der Waals surface area (Å²) in [4.78, 5) is 15.9. The van der Waals surface area contributed by atoms with Gasteiger partial charge >= 0.3 is 0 Å². The molecule has 2 N–H and O–H groups in total. The van der Waals surface area contributed by atoms with E-state index >= 15 is 0 Å². The first-order valence-corrected chi connectivity index (χ1v) is 21.9. The Kier molecular flexibility index (Phi) is 16.2. The lowest BCUT2D eigenvalue weighted by Crippen LogP contribution is -2.47. The Balaban J connectivity index is 0.000000678. The standard InChI is InChI=1S/C36H49ClN2O5S.C4H9N.C2H6/c1-4-7-25-18-29(37)12-14-30(25)28-21-39-20-27-10-13-31(27)32(36-42-16-6-17-43-36)9-5-8-23(2)24(3)45(41)38-35(40)26-11-15-34(44-22-28)33(39)19-26;1-2-4-5-3-1;1-2/h11-12,14-15,18-19,23-24,27-28,31-32,36H,4-10,13,16-17,20-22H2,1-3H3,(H,38,40);5H,1-4H2;1-2H3. The fraction of sp³-hybridized carbons (Fsp3) is 0.690. The van der Waals surface area contributed by atoms with Crippen LogP contribution in [0.15, 0.2) is 36.4 Å². The second-order valence-corrected chi connectivity index (χ2v) is 17.1. The third-order valence-corrected chi connectivity index (χ3v) is 13.4. The van der Waals surface area contributed by atoms with Crippen LogP contribution in [0.25, 0.3) is 0 Å². The second kappa shape index (κ2) is 20.5. The molecule has 1 amide bonds. The van der Waals surface area contributed by atoms with Gasteiger partial charge in [-0.25, -0.2) is 4.21 Å². The Morgan fingerprint density at radius 3 is 2.35 bits per heavy atom. The fourth-order valence-electron chi connectivity index (χ4n) is 8.42. The predicted molar refractivity (Wildman–Crippen MR) is 214 cm³/mol. The van der Waals surface area contributed by atoms with Crippen LogP contribution in [0.3, 0.4) is 0 Å². The van der Waals surface area contributed by atoms with Crippen LogP contribution in [0, 0.1) is 23.7 Å². The number of carbonyl (C=O) groups excluding carboxylic acids is 1. The molecule has 0 radical (unpaired) electrons. The first-order chi connectivity index (χ1) is 25.3. The van der Waals surface area contributed by atoms with Gasteiger partial charge in [-0.3, -0.25) is 9.52 Å². The summed E-state index contributed by atoms with van der Waals surface area (Å²) >= 11 is 6.45. The molecule has 0 spiro atoms. The first kappa shape index (κ1) is 41.0. The lowest BCUT2D eigenvalue weighted by molar-refractivity contribution is -0.224. The minimum atomic E-state index is -1.49. The highest BCUT2D eigenvalue weighted by Crippen LogP contribution is 2.47. The fourth-order valence-corrected chi connectivity index (χ4v) is 9.66. The van der Waals surface area contributed by atoms with Crippen molar-refractivity contribution in [3.63, 3.8) is 0 Å². The van der Waals surface area contributed by atoms with Crippen LogP contribution in [0.4, 0.5) is 5.69 Å². The van der Waals surface area contributed by atoms with Crippen molar-refractivity contribution in [1.82, 2.24) is 10.0 Å². The van der Waals surface area contributed by atoms with Gasteiger partial charge in [-0.1, -0.05) is 58.2 Å². The van der Waals surface area contributed by atoms with Gasteiger partial charge in [0.05, 0.1) is 30.8 Å². The summed E-state index contributed by atoms with van der Waals surface area (Å²) in [5, 5.41) is 3.83. The van der Waals surface area contributed by atoms with Gasteiger partial charge < -0.3 is 24.4 Å². The van der Waals surface area contributed by atoms with E-state index in [-0.39, 0.29) is 29.3 Å². The van der Waals surface area contributed by atoms with Crippen molar-refractivity contribution in [1.29, 1.82) is 0 Å². The van der Waals surface area contributed by atoms with E-state index < -0.39 is 11.0 Å². The van der Waals surface area contributed by atoms with Crippen LogP contribution >= 0.6 is 11.6 Å². The summed E-state index contributed by atoms with van der Waals surface area (Å²) in [5.74, 6) is 2.17. The van der Waals surface area contributed by atoms with Gasteiger partial charge in [-0.05, 0) is 131 Å². The van der Waals surface area contributed by atoms with Gasteiger partial charge in [0.1, 0.15) is 16.7 Å². The van der Waals surface area contributed by atoms with E-state index in [0.29, 0.717) is 29.9 Å². The Bertz CT molecular complexity index is 1440. The molecular formula is C42H64ClN3O5S. The summed E-state index contributed by atoms with van der Waals surface area (Å²) in [6, 6.07) is 11.9. The van der Waals surface area contributed by atoms with E-state index in [1.54, 1.807) is 6.07 Å². The average molecular weight is 759 g/mol. The Labute approximate surface area is 321 Å². The highest BCUT2D eigenvalue weighted by Gasteiger charge is 2.43. The zero-order valence-corrected chi connectivity index (χ0v) is 33.9. The number of nitrogens with one attached hydrogen (secondary N) is 2. The first-order valence-electron chi connectivity index (χ1n) is 20.3. The van der Waals surface area contributed by atoms with Crippen molar-refractivity contribution >= 4 is 34.2 Å². The highest BCUT2D eigenvalue weighted by molar-refractivity contribution is 7.84. The summed E-state index contributed by atoms with van der Waals surface area (Å²) in [6.45, 7) is 16.5. The molecule has 2 aromatic rings. The van der Waals surface area contributed by atoms with Crippen molar-refractivity contribution in [2.45, 2.75) is 116 Å². The maximum Gasteiger partial charge on any atom is 0.263 e. The number of fused-ring (bicyclic) bond motifs is 2. The molecule has 3 fully saturated rings. The molecule has 0 aromatic heterocycles. The Morgan fingerprint density at radius 2 is 1.67 bits per heavy atom. The van der Waals surface area contributed by atoms with Crippen LogP contribution in [0.5, 0.6) is 5.75 Å². The van der Waals surface area contributed by atoms with Crippen molar-refractivity contribution < 1.29 is 23.2 Å². The Hall–Kier alpha value is -2.17. The van der Waals surface area contributed by atoms with Crippen LogP contribution in [0.2, 0.25) is 5.02 Å². The molecule has 7 atom stereocenters. The highest BCUT2D eigenvalue weighted by atomic mass is 35.5. The monoisotopic (exact) mass is 757 g/mol. The molecule has 52 heavy (non-hydrogen) atoms. The number of rotatable bonds is 4. The average Bonchev–Trinajstić information content (AvgIpc) is 3.70. The SMILES string of the molecule is C1CCNC1.CC.CCCc1cc(Cl)ccc1C1COc2ccc3cc2N(C1)CC1CCC1C(C1OCCCO1)CCCC(C)C(C)S(=O)NC3=O. The normalized spacial score (nSPS) is 29.8. The van der Waals surface area contributed by atoms with E-state index in [4.69, 9.17) is 25.8 Å². The molecule has 2 bridgehead atoms. The molecule has 10 heteroatoms. The van der Waals surface area contributed by atoms with Crippen LogP contribution in [0.1, 0.15) is 120 Å². The molecule has 4 heterocycles.